The molecule has 1 fully saturated rings. The molecular formula is C11H13FN2O3S. The number of sulfonamides is 1. The summed E-state index contributed by atoms with van der Waals surface area (Å²) in [5.74, 6) is -0.795. The van der Waals surface area contributed by atoms with Crippen molar-refractivity contribution in [2.24, 2.45) is 5.92 Å². The molecule has 0 aliphatic heterocycles. The Morgan fingerprint density at radius 2 is 2.00 bits per heavy atom. The average Bonchev–Trinajstić information content (AvgIpc) is 3.03. The molecular weight excluding hydrogens is 259 g/mol. The smallest absolute Gasteiger partial charge is 0.229 e. The Hall–Kier alpha value is -1.63. The third-order valence-corrected chi connectivity index (χ3v) is 3.07. The number of hydrogen-bond donors (Lipinski definition) is 2. The number of nitrogens with one attached hydrogen (secondary N) is 2. The van der Waals surface area contributed by atoms with Crippen LogP contribution >= 0.6 is 0 Å². The number of hydrogen-bond acceptors (Lipinski definition) is 3. The molecule has 0 spiro atoms. The molecule has 1 saturated carbocycles. The van der Waals surface area contributed by atoms with E-state index in [0.29, 0.717) is 0 Å². The van der Waals surface area contributed by atoms with Gasteiger partial charge in [-0.25, -0.2) is 12.8 Å². The summed E-state index contributed by atoms with van der Waals surface area (Å²) in [5.41, 5.74) is 0.297. The molecule has 1 aromatic rings. The van der Waals surface area contributed by atoms with Gasteiger partial charge in [-0.2, -0.15) is 0 Å². The van der Waals surface area contributed by atoms with E-state index in [0.717, 1.165) is 31.2 Å². The topological polar surface area (TPSA) is 75.3 Å². The van der Waals surface area contributed by atoms with E-state index in [1.165, 1.54) is 6.07 Å². The Labute approximate surface area is 104 Å². The van der Waals surface area contributed by atoms with Crippen LogP contribution in [0.4, 0.5) is 15.8 Å². The molecule has 0 aromatic heterocycles. The molecule has 1 aromatic carbocycles. The SMILES string of the molecule is CS(=O)(=O)Nc1ccc(F)cc1NC(=O)C1CC1. The fraction of sp³-hybridized carbons (Fsp3) is 0.364. The van der Waals surface area contributed by atoms with Gasteiger partial charge in [0.25, 0.3) is 0 Å². The maximum absolute atomic E-state index is 13.1. The van der Waals surface area contributed by atoms with Crippen molar-refractivity contribution in [1.29, 1.82) is 0 Å². The Morgan fingerprint density at radius 1 is 1.33 bits per heavy atom. The van der Waals surface area contributed by atoms with Crippen LogP contribution in [0.5, 0.6) is 0 Å². The van der Waals surface area contributed by atoms with Gasteiger partial charge in [0.15, 0.2) is 0 Å². The minimum Gasteiger partial charge on any atom is -0.324 e. The number of amides is 1. The van der Waals surface area contributed by atoms with Crippen LogP contribution in [0.15, 0.2) is 18.2 Å². The molecule has 7 heteroatoms. The molecule has 0 heterocycles. The van der Waals surface area contributed by atoms with Gasteiger partial charge in [-0.1, -0.05) is 0 Å². The molecule has 2 rings (SSSR count). The lowest BCUT2D eigenvalue weighted by Crippen LogP contribution is -2.17. The van der Waals surface area contributed by atoms with Crippen LogP contribution in [0.25, 0.3) is 0 Å². The Kier molecular flexibility index (Phi) is 3.25. The summed E-state index contributed by atoms with van der Waals surface area (Å²) in [6.07, 6.45) is 2.62. The lowest BCUT2D eigenvalue weighted by Gasteiger charge is -2.11. The molecule has 0 saturated heterocycles. The number of anilines is 2. The molecule has 0 unspecified atom stereocenters. The van der Waals surface area contributed by atoms with Crippen molar-refractivity contribution in [2.45, 2.75) is 12.8 Å². The fourth-order valence-electron chi connectivity index (χ4n) is 1.49. The van der Waals surface area contributed by atoms with Gasteiger partial charge in [-0.15, -0.1) is 0 Å². The van der Waals surface area contributed by atoms with E-state index in [1.54, 1.807) is 0 Å². The first-order valence-electron chi connectivity index (χ1n) is 5.43. The lowest BCUT2D eigenvalue weighted by molar-refractivity contribution is -0.117. The van der Waals surface area contributed by atoms with Crippen molar-refractivity contribution in [3.8, 4) is 0 Å². The summed E-state index contributed by atoms with van der Waals surface area (Å²) in [6.45, 7) is 0. The molecule has 1 aliphatic rings. The summed E-state index contributed by atoms with van der Waals surface area (Å²) in [4.78, 5) is 11.6. The van der Waals surface area contributed by atoms with Crippen molar-refractivity contribution < 1.29 is 17.6 Å². The second kappa shape index (κ2) is 4.56. The van der Waals surface area contributed by atoms with Gasteiger partial charge in [0, 0.05) is 5.92 Å². The van der Waals surface area contributed by atoms with Crippen LogP contribution in [0.1, 0.15) is 12.8 Å². The monoisotopic (exact) mass is 272 g/mol. The van der Waals surface area contributed by atoms with E-state index in [9.17, 15) is 17.6 Å². The van der Waals surface area contributed by atoms with E-state index in [1.807, 2.05) is 0 Å². The Bertz CT molecular complexity index is 582. The molecule has 18 heavy (non-hydrogen) atoms. The van der Waals surface area contributed by atoms with E-state index in [-0.39, 0.29) is 23.2 Å². The molecule has 98 valence electrons. The summed E-state index contributed by atoms with van der Waals surface area (Å²) >= 11 is 0. The predicted molar refractivity (Wildman–Crippen MR) is 66.2 cm³/mol. The van der Waals surface area contributed by atoms with Crippen molar-refractivity contribution in [3.05, 3.63) is 24.0 Å². The second-order valence-corrected chi connectivity index (χ2v) is 6.08. The molecule has 2 N–H and O–H groups in total. The van der Waals surface area contributed by atoms with Crippen molar-refractivity contribution >= 4 is 27.3 Å². The van der Waals surface area contributed by atoms with Crippen LogP contribution in [0, 0.1) is 11.7 Å². The van der Waals surface area contributed by atoms with Gasteiger partial charge < -0.3 is 5.32 Å². The Balaban J connectivity index is 2.25. The molecule has 0 radical (unpaired) electrons. The van der Waals surface area contributed by atoms with E-state index in [2.05, 4.69) is 10.0 Å². The van der Waals surface area contributed by atoms with Crippen LogP contribution in [0.2, 0.25) is 0 Å². The van der Waals surface area contributed by atoms with Gasteiger partial charge in [0.1, 0.15) is 5.82 Å². The quantitative estimate of drug-likeness (QED) is 0.873. The van der Waals surface area contributed by atoms with Crippen molar-refractivity contribution in [3.63, 3.8) is 0 Å². The minimum absolute atomic E-state index is 0.0423. The molecule has 1 amide bonds. The molecule has 5 nitrogen and oxygen atoms in total. The van der Waals surface area contributed by atoms with Gasteiger partial charge in [0.05, 0.1) is 17.6 Å². The van der Waals surface area contributed by atoms with Crippen molar-refractivity contribution in [1.82, 2.24) is 0 Å². The van der Waals surface area contributed by atoms with Gasteiger partial charge >= 0.3 is 0 Å². The third-order valence-electron chi connectivity index (χ3n) is 2.48. The summed E-state index contributed by atoms with van der Waals surface area (Å²) < 4.78 is 37.7. The number of carbonyl (C=O) groups is 1. The number of benzene rings is 1. The fourth-order valence-corrected chi connectivity index (χ4v) is 2.07. The molecule has 1 aliphatic carbocycles. The van der Waals surface area contributed by atoms with Gasteiger partial charge in [-0.3, -0.25) is 9.52 Å². The predicted octanol–water partition coefficient (Wildman–Crippen LogP) is 1.55. The summed E-state index contributed by atoms with van der Waals surface area (Å²) in [6, 6.07) is 3.49. The zero-order valence-corrected chi connectivity index (χ0v) is 10.6. The average molecular weight is 272 g/mol. The van der Waals surface area contributed by atoms with E-state index in [4.69, 9.17) is 0 Å². The van der Waals surface area contributed by atoms with Crippen LogP contribution in [-0.4, -0.2) is 20.6 Å². The zero-order chi connectivity index (χ0) is 13.3. The van der Waals surface area contributed by atoms with E-state index < -0.39 is 15.8 Å². The molecule has 0 atom stereocenters. The first kappa shape index (κ1) is 12.8. The van der Waals surface area contributed by atoms with E-state index >= 15 is 0 Å². The highest BCUT2D eigenvalue weighted by atomic mass is 32.2. The maximum atomic E-state index is 13.1. The highest BCUT2D eigenvalue weighted by Crippen LogP contribution is 2.32. The third kappa shape index (κ3) is 3.43. The zero-order valence-electron chi connectivity index (χ0n) is 9.73. The number of halogens is 1. The number of rotatable bonds is 4. The van der Waals surface area contributed by atoms with Crippen molar-refractivity contribution in [2.75, 3.05) is 16.3 Å². The summed E-state index contributed by atoms with van der Waals surface area (Å²) in [5, 5.41) is 2.53. The van der Waals surface area contributed by atoms with Crippen LogP contribution in [-0.2, 0) is 14.8 Å². The number of carbonyl (C=O) groups excluding carboxylic acids is 1. The lowest BCUT2D eigenvalue weighted by atomic mass is 10.2. The highest BCUT2D eigenvalue weighted by Gasteiger charge is 2.30. The molecule has 0 bridgehead atoms. The standard InChI is InChI=1S/C11H13FN2O3S/c1-18(16,17)14-9-5-4-8(12)6-10(9)13-11(15)7-2-3-7/h4-7,14H,2-3H2,1H3,(H,13,15). The van der Waals surface area contributed by atoms with Crippen LogP contribution in [0.3, 0.4) is 0 Å². The summed E-state index contributed by atoms with van der Waals surface area (Å²) in [7, 11) is -3.48. The largest absolute Gasteiger partial charge is 0.324 e. The highest BCUT2D eigenvalue weighted by molar-refractivity contribution is 7.92. The van der Waals surface area contributed by atoms with Gasteiger partial charge in [0.2, 0.25) is 15.9 Å². The normalized spacial score (nSPS) is 15.2. The van der Waals surface area contributed by atoms with Crippen LogP contribution < -0.4 is 10.0 Å². The first-order chi connectivity index (χ1) is 8.35. The first-order valence-corrected chi connectivity index (χ1v) is 7.32. The maximum Gasteiger partial charge on any atom is 0.229 e. The second-order valence-electron chi connectivity index (χ2n) is 4.33. The Morgan fingerprint density at radius 3 is 2.56 bits per heavy atom. The minimum atomic E-state index is -3.48. The van der Waals surface area contributed by atoms with Gasteiger partial charge in [-0.05, 0) is 31.0 Å².